The quantitative estimate of drug-likeness (QED) is 0.579. The smallest absolute Gasteiger partial charge is 0.264 e. The lowest BCUT2D eigenvalue weighted by atomic mass is 10.2. The molecule has 1 aromatic carbocycles. The monoisotopic (exact) mass is 487 g/mol. The number of amidine groups is 1. The van der Waals surface area contributed by atoms with Gasteiger partial charge in [0.1, 0.15) is 12.4 Å². The van der Waals surface area contributed by atoms with Crippen molar-refractivity contribution in [2.75, 3.05) is 44.8 Å². The van der Waals surface area contributed by atoms with Gasteiger partial charge in [0.25, 0.3) is 5.91 Å². The summed E-state index contributed by atoms with van der Waals surface area (Å²) in [5.41, 5.74) is 1.73. The van der Waals surface area contributed by atoms with E-state index in [-0.39, 0.29) is 11.8 Å². The molecule has 2 saturated heterocycles. The zero-order valence-corrected chi connectivity index (χ0v) is 20.1. The Morgan fingerprint density at radius 3 is 2.97 bits per heavy atom. The van der Waals surface area contributed by atoms with Crippen molar-refractivity contribution in [1.29, 1.82) is 0 Å². The third-order valence-electron chi connectivity index (χ3n) is 4.90. The lowest BCUT2D eigenvalue weighted by molar-refractivity contribution is -0.115. The van der Waals surface area contributed by atoms with E-state index in [1.165, 1.54) is 30.0 Å². The van der Waals surface area contributed by atoms with Crippen LogP contribution in [0, 0.1) is 6.92 Å². The zero-order chi connectivity index (χ0) is 23.2. The van der Waals surface area contributed by atoms with E-state index >= 15 is 0 Å². The van der Waals surface area contributed by atoms with Gasteiger partial charge in [-0.1, -0.05) is 11.3 Å². The lowest BCUT2D eigenvalue weighted by Gasteiger charge is -2.26. The second-order valence-electron chi connectivity index (χ2n) is 7.48. The number of aryl methyl sites for hydroxylation is 1. The number of amides is 2. The zero-order valence-electron chi connectivity index (χ0n) is 18.4. The molecule has 0 bridgehead atoms. The Hall–Kier alpha value is -2.73. The number of hydrogen-bond acceptors (Lipinski definition) is 9. The first-order valence-corrected chi connectivity index (χ1v) is 12.2. The van der Waals surface area contributed by atoms with E-state index < -0.39 is 0 Å². The van der Waals surface area contributed by atoms with Crippen LogP contribution >= 0.6 is 23.1 Å². The summed E-state index contributed by atoms with van der Waals surface area (Å²) < 4.78 is 11.3. The number of carbonyl (C=O) groups is 2. The van der Waals surface area contributed by atoms with Crippen molar-refractivity contribution in [1.82, 2.24) is 15.2 Å². The number of ether oxygens (including phenoxy) is 2. The van der Waals surface area contributed by atoms with E-state index in [0.29, 0.717) is 21.8 Å². The number of hydrogen-bond donors (Lipinski definition) is 2. The molecular weight excluding hydrogens is 462 g/mol. The number of morpholine rings is 1. The van der Waals surface area contributed by atoms with Gasteiger partial charge in [-0.3, -0.25) is 14.5 Å². The van der Waals surface area contributed by atoms with Crippen LogP contribution < -0.4 is 15.4 Å². The van der Waals surface area contributed by atoms with Gasteiger partial charge in [-0.25, -0.2) is 9.98 Å². The molecule has 0 spiro atoms. The molecular formula is C22H25N5O4S2. The second-order valence-corrected chi connectivity index (χ2v) is 9.57. The van der Waals surface area contributed by atoms with Gasteiger partial charge >= 0.3 is 0 Å². The molecule has 3 heterocycles. The third kappa shape index (κ3) is 6.64. The molecule has 0 saturated carbocycles. The van der Waals surface area contributed by atoms with E-state index in [1.807, 2.05) is 25.1 Å². The molecule has 11 heteroatoms. The first-order chi connectivity index (χ1) is 16.0. The summed E-state index contributed by atoms with van der Waals surface area (Å²) in [4.78, 5) is 35.8. The average molecular weight is 488 g/mol. The highest BCUT2D eigenvalue weighted by Crippen LogP contribution is 2.31. The average Bonchev–Trinajstić information content (AvgIpc) is 3.36. The molecule has 2 fully saturated rings. The molecule has 0 radical (unpaired) electrons. The van der Waals surface area contributed by atoms with Gasteiger partial charge in [0.15, 0.2) is 10.3 Å². The molecule has 1 aromatic heterocycles. The van der Waals surface area contributed by atoms with Crippen molar-refractivity contribution < 1.29 is 19.1 Å². The summed E-state index contributed by atoms with van der Waals surface area (Å²) in [5, 5.41) is 6.44. The van der Waals surface area contributed by atoms with Crippen LogP contribution in [0.25, 0.3) is 6.08 Å². The highest BCUT2D eigenvalue weighted by molar-refractivity contribution is 8.18. The van der Waals surface area contributed by atoms with Crippen LogP contribution in [0.4, 0.5) is 10.8 Å². The summed E-state index contributed by atoms with van der Waals surface area (Å²) in [5.74, 6) is 0.400. The Morgan fingerprint density at radius 2 is 2.21 bits per heavy atom. The summed E-state index contributed by atoms with van der Waals surface area (Å²) >= 11 is 2.57. The lowest BCUT2D eigenvalue weighted by Crippen LogP contribution is -2.38. The summed E-state index contributed by atoms with van der Waals surface area (Å²) in [6.07, 6.45) is 3.36. The van der Waals surface area contributed by atoms with Gasteiger partial charge in [-0.2, -0.15) is 0 Å². The Kier molecular flexibility index (Phi) is 7.76. The minimum Gasteiger partial charge on any atom is -0.492 e. The predicted octanol–water partition coefficient (Wildman–Crippen LogP) is 3.01. The van der Waals surface area contributed by atoms with Crippen molar-refractivity contribution in [2.45, 2.75) is 13.8 Å². The van der Waals surface area contributed by atoms with E-state index in [2.05, 4.69) is 25.5 Å². The number of aromatic nitrogens is 1. The first kappa shape index (κ1) is 23.4. The van der Waals surface area contributed by atoms with Crippen molar-refractivity contribution in [2.24, 2.45) is 4.99 Å². The largest absolute Gasteiger partial charge is 0.492 e. The van der Waals surface area contributed by atoms with Gasteiger partial charge in [-0.05, 0) is 48.5 Å². The molecule has 2 aliphatic rings. The summed E-state index contributed by atoms with van der Waals surface area (Å²) in [7, 11) is 0. The normalized spacial score (nSPS) is 19.2. The van der Waals surface area contributed by atoms with Crippen LogP contribution in [0.3, 0.4) is 0 Å². The van der Waals surface area contributed by atoms with E-state index in [4.69, 9.17) is 9.47 Å². The maximum absolute atomic E-state index is 12.4. The topological polar surface area (TPSA) is 105 Å². The van der Waals surface area contributed by atoms with Gasteiger partial charge in [0.05, 0.1) is 28.7 Å². The number of carbonyl (C=O) groups excluding carboxylic acids is 2. The van der Waals surface area contributed by atoms with E-state index in [1.54, 1.807) is 12.3 Å². The van der Waals surface area contributed by atoms with E-state index in [0.717, 1.165) is 54.7 Å². The summed E-state index contributed by atoms with van der Waals surface area (Å²) in [6.45, 7) is 8.33. The third-order valence-corrected chi connectivity index (χ3v) is 6.67. The molecule has 2 amide bonds. The Bertz CT molecular complexity index is 1090. The number of benzene rings is 1. The molecule has 33 heavy (non-hydrogen) atoms. The minimum absolute atomic E-state index is 0.185. The first-order valence-electron chi connectivity index (χ1n) is 10.5. The van der Waals surface area contributed by atoms with Crippen LogP contribution in [-0.2, 0) is 14.3 Å². The van der Waals surface area contributed by atoms with Crippen LogP contribution in [0.5, 0.6) is 5.75 Å². The van der Waals surface area contributed by atoms with Gasteiger partial charge in [-0.15, -0.1) is 0 Å². The standard InChI is InChI=1S/C22H25N5O4S2/c1-14-11-16(31-10-7-27-5-8-30-9-6-27)3-4-18(14)25-22-26-20(29)19(33-22)12-17-13-23-21(32-17)24-15(2)28/h3-4,11-13H,5-10H2,1-2H3,(H,23,24,28)(H,25,26,29). The number of thioether (sulfide) groups is 1. The second kappa shape index (κ2) is 10.9. The van der Waals surface area contributed by atoms with Crippen molar-refractivity contribution in [3.63, 3.8) is 0 Å². The van der Waals surface area contributed by atoms with Crippen molar-refractivity contribution in [3.8, 4) is 5.75 Å². The molecule has 2 aromatic rings. The summed E-state index contributed by atoms with van der Waals surface area (Å²) in [6, 6.07) is 5.74. The van der Waals surface area contributed by atoms with Crippen LogP contribution in [0.1, 0.15) is 17.4 Å². The van der Waals surface area contributed by atoms with Crippen molar-refractivity contribution in [3.05, 3.63) is 39.7 Å². The SMILES string of the molecule is CC(=O)Nc1ncc(C=C2SC(=Nc3ccc(OCCN4CCOCC4)cc3C)NC2=O)s1. The minimum atomic E-state index is -0.214. The fourth-order valence-corrected chi connectivity index (χ4v) is 4.95. The number of nitrogens with zero attached hydrogens (tertiary/aromatic N) is 3. The van der Waals surface area contributed by atoms with Gasteiger partial charge < -0.3 is 20.1 Å². The van der Waals surface area contributed by atoms with E-state index in [9.17, 15) is 9.59 Å². The van der Waals surface area contributed by atoms with Crippen LogP contribution in [0.2, 0.25) is 0 Å². The van der Waals surface area contributed by atoms with Crippen LogP contribution in [0.15, 0.2) is 34.3 Å². The maximum Gasteiger partial charge on any atom is 0.264 e. The molecule has 0 unspecified atom stereocenters. The number of aliphatic imine (C=N–C) groups is 1. The Labute approximate surface area is 200 Å². The number of anilines is 1. The number of thiazole rings is 1. The molecule has 0 atom stereocenters. The molecule has 174 valence electrons. The molecule has 4 rings (SSSR count). The highest BCUT2D eigenvalue weighted by atomic mass is 32.2. The molecule has 2 aliphatic heterocycles. The van der Waals surface area contributed by atoms with Gasteiger partial charge in [0, 0.05) is 32.8 Å². The Morgan fingerprint density at radius 1 is 1.39 bits per heavy atom. The molecule has 2 N–H and O–H groups in total. The van der Waals surface area contributed by atoms with Gasteiger partial charge in [0.2, 0.25) is 5.91 Å². The molecule has 0 aliphatic carbocycles. The van der Waals surface area contributed by atoms with Crippen molar-refractivity contribution >= 4 is 57.0 Å². The number of nitrogens with one attached hydrogen (secondary N) is 2. The highest BCUT2D eigenvalue weighted by Gasteiger charge is 2.24. The predicted molar refractivity (Wildman–Crippen MR) is 131 cm³/mol. The van der Waals surface area contributed by atoms with Crippen LogP contribution in [-0.4, -0.2) is 66.3 Å². The maximum atomic E-state index is 12.4. The fourth-order valence-electron chi connectivity index (χ4n) is 3.24. The Balaban J connectivity index is 1.36. The number of rotatable bonds is 7. The molecule has 9 nitrogen and oxygen atoms in total. The fraction of sp³-hybridized carbons (Fsp3) is 0.364.